The Labute approximate surface area is 163 Å². The Morgan fingerprint density at radius 2 is 1.81 bits per heavy atom. The number of piperidine rings is 2. The summed E-state index contributed by atoms with van der Waals surface area (Å²) in [5.74, 6) is 0.775. The smallest absolute Gasteiger partial charge is 0.0558 e. The summed E-state index contributed by atoms with van der Waals surface area (Å²) in [5, 5.41) is 17.2. The molecule has 152 valence electrons. The highest BCUT2D eigenvalue weighted by molar-refractivity contribution is 4.91. The number of nitrogens with one attached hydrogen (secondary N) is 1. The number of β-amino-alcohol motifs (C(OH)–C–C–N with tert-alkyl or cyclic N) is 1. The molecular formula is C20H36N6O. The average molecular weight is 377 g/mol. The van der Waals surface area contributed by atoms with Gasteiger partial charge in [0, 0.05) is 77.3 Å². The highest BCUT2D eigenvalue weighted by atomic mass is 16.3. The lowest BCUT2D eigenvalue weighted by Gasteiger charge is -2.46. The summed E-state index contributed by atoms with van der Waals surface area (Å²) < 4.78 is 2.15. The van der Waals surface area contributed by atoms with Crippen LogP contribution >= 0.6 is 0 Å². The molecule has 0 radical (unpaired) electrons. The Morgan fingerprint density at radius 3 is 2.52 bits per heavy atom. The lowest BCUT2D eigenvalue weighted by atomic mass is 9.89. The van der Waals surface area contributed by atoms with Crippen LogP contribution in [-0.4, -0.2) is 108 Å². The van der Waals surface area contributed by atoms with Crippen molar-refractivity contribution < 1.29 is 5.11 Å². The molecule has 27 heavy (non-hydrogen) atoms. The van der Waals surface area contributed by atoms with Crippen molar-refractivity contribution >= 4 is 0 Å². The summed E-state index contributed by atoms with van der Waals surface area (Å²) in [6.45, 7) is 11.5. The van der Waals surface area contributed by atoms with E-state index in [2.05, 4.69) is 36.0 Å². The van der Waals surface area contributed by atoms with Gasteiger partial charge in [-0.25, -0.2) is 0 Å². The minimum atomic E-state index is 0.280. The number of hydrogen-bond acceptors (Lipinski definition) is 6. The van der Waals surface area contributed by atoms with Crippen LogP contribution in [0.25, 0.3) is 0 Å². The van der Waals surface area contributed by atoms with Crippen LogP contribution in [0.1, 0.15) is 25.3 Å². The number of aromatic nitrogens is 2. The average Bonchev–Trinajstić information content (AvgIpc) is 3.25. The second-order valence-corrected chi connectivity index (χ2v) is 8.44. The van der Waals surface area contributed by atoms with Crippen molar-refractivity contribution in [2.24, 2.45) is 5.92 Å². The van der Waals surface area contributed by atoms with Crippen molar-refractivity contribution in [2.45, 2.75) is 31.3 Å². The molecule has 0 amide bonds. The van der Waals surface area contributed by atoms with E-state index in [0.717, 1.165) is 51.7 Å². The molecule has 3 saturated heterocycles. The Hall–Kier alpha value is -0.990. The fraction of sp³-hybridized carbons (Fsp3) is 0.850. The Balaban J connectivity index is 1.27. The van der Waals surface area contributed by atoms with E-state index in [1.807, 2.05) is 12.3 Å². The summed E-state index contributed by atoms with van der Waals surface area (Å²) in [6.07, 6.45) is 7.74. The maximum atomic E-state index is 9.16. The van der Waals surface area contributed by atoms with Crippen LogP contribution in [0, 0.1) is 5.92 Å². The molecule has 2 unspecified atom stereocenters. The van der Waals surface area contributed by atoms with Gasteiger partial charge >= 0.3 is 0 Å². The molecule has 0 aliphatic carbocycles. The monoisotopic (exact) mass is 376 g/mol. The number of hydrogen-bond donors (Lipinski definition) is 2. The van der Waals surface area contributed by atoms with Crippen molar-refractivity contribution in [1.82, 2.24) is 29.8 Å². The molecule has 0 saturated carbocycles. The first-order chi connectivity index (χ1) is 13.3. The third-order valence-electron chi connectivity index (χ3n) is 6.83. The molecule has 1 aromatic heterocycles. The van der Waals surface area contributed by atoms with Gasteiger partial charge in [-0.2, -0.15) is 5.10 Å². The van der Waals surface area contributed by atoms with E-state index in [0.29, 0.717) is 12.1 Å². The maximum Gasteiger partial charge on any atom is 0.0558 e. The molecular weight excluding hydrogens is 340 g/mol. The van der Waals surface area contributed by atoms with Gasteiger partial charge in [0.05, 0.1) is 12.6 Å². The normalized spacial score (nSPS) is 30.0. The molecule has 3 aliphatic heterocycles. The number of likely N-dealkylation sites (tertiary alicyclic amines) is 1. The second-order valence-electron chi connectivity index (χ2n) is 8.44. The Morgan fingerprint density at radius 1 is 1.00 bits per heavy atom. The minimum Gasteiger partial charge on any atom is -0.395 e. The number of aliphatic hydroxyl groups excluding tert-OH is 1. The highest BCUT2D eigenvalue weighted by Crippen LogP contribution is 2.26. The van der Waals surface area contributed by atoms with Crippen LogP contribution in [-0.2, 0) is 0 Å². The molecule has 0 spiro atoms. The molecule has 7 heteroatoms. The fourth-order valence-electron chi connectivity index (χ4n) is 5.19. The van der Waals surface area contributed by atoms with Gasteiger partial charge in [-0.3, -0.25) is 14.5 Å². The van der Waals surface area contributed by atoms with E-state index < -0.39 is 0 Å². The molecule has 7 nitrogen and oxygen atoms in total. The van der Waals surface area contributed by atoms with Gasteiger partial charge in [-0.15, -0.1) is 0 Å². The fourth-order valence-corrected chi connectivity index (χ4v) is 5.19. The van der Waals surface area contributed by atoms with E-state index in [4.69, 9.17) is 5.11 Å². The lowest BCUT2D eigenvalue weighted by molar-refractivity contribution is 0.0340. The molecule has 4 rings (SSSR count). The number of aliphatic hydroxyl groups is 1. The first-order valence-electron chi connectivity index (χ1n) is 10.8. The van der Waals surface area contributed by atoms with Crippen molar-refractivity contribution in [3.05, 3.63) is 18.5 Å². The van der Waals surface area contributed by atoms with Crippen LogP contribution in [0.2, 0.25) is 0 Å². The summed E-state index contributed by atoms with van der Waals surface area (Å²) in [6, 6.07) is 3.28. The summed E-state index contributed by atoms with van der Waals surface area (Å²) in [5.41, 5.74) is 0. The van der Waals surface area contributed by atoms with E-state index in [1.54, 1.807) is 0 Å². The van der Waals surface area contributed by atoms with Crippen molar-refractivity contribution in [3.8, 4) is 0 Å². The van der Waals surface area contributed by atoms with Crippen LogP contribution in [0.4, 0.5) is 0 Å². The Bertz CT molecular complexity index is 537. The first kappa shape index (κ1) is 19.3. The molecule has 0 bridgehead atoms. The number of rotatable bonds is 6. The predicted molar refractivity (Wildman–Crippen MR) is 107 cm³/mol. The molecule has 1 aromatic rings. The van der Waals surface area contributed by atoms with Crippen molar-refractivity contribution in [1.29, 1.82) is 0 Å². The van der Waals surface area contributed by atoms with Gasteiger partial charge in [-0.1, -0.05) is 0 Å². The number of nitrogens with zero attached hydrogens (tertiary/aromatic N) is 5. The first-order valence-corrected chi connectivity index (χ1v) is 10.8. The zero-order chi connectivity index (χ0) is 18.5. The lowest BCUT2D eigenvalue weighted by Crippen LogP contribution is -2.59. The molecule has 3 fully saturated rings. The molecule has 2 atom stereocenters. The van der Waals surface area contributed by atoms with Gasteiger partial charge < -0.3 is 15.3 Å². The Kier molecular flexibility index (Phi) is 6.78. The third kappa shape index (κ3) is 4.90. The van der Waals surface area contributed by atoms with Gasteiger partial charge in [0.15, 0.2) is 0 Å². The molecule has 3 aliphatic rings. The number of piperazine rings is 1. The second kappa shape index (κ2) is 9.47. The highest BCUT2D eigenvalue weighted by Gasteiger charge is 2.33. The summed E-state index contributed by atoms with van der Waals surface area (Å²) in [4.78, 5) is 7.80. The van der Waals surface area contributed by atoms with Crippen molar-refractivity contribution in [3.63, 3.8) is 0 Å². The largest absolute Gasteiger partial charge is 0.395 e. The quantitative estimate of drug-likeness (QED) is 0.735. The van der Waals surface area contributed by atoms with E-state index >= 15 is 0 Å². The van der Waals surface area contributed by atoms with E-state index in [9.17, 15) is 0 Å². The standard InChI is InChI=1S/C20H36N6O/c27-15-14-23-10-12-25(13-11-23)20-16-21-6-2-18(20)17-24-8-3-19(4-9-24)26-7-1-5-22-26/h1,5,7,18-21,27H,2-4,6,8-17H2. The SMILES string of the molecule is OCCN1CCN(C2CNCCC2CN2CCC(n3cccn3)CC2)CC1. The zero-order valence-electron chi connectivity index (χ0n) is 16.5. The predicted octanol–water partition coefficient (Wildman–Crippen LogP) is 0.108. The van der Waals surface area contributed by atoms with Gasteiger partial charge in [0.1, 0.15) is 0 Å². The molecule has 2 N–H and O–H groups in total. The molecule has 0 aromatic carbocycles. The molecule has 4 heterocycles. The van der Waals surface area contributed by atoms with E-state index in [1.165, 1.54) is 38.9 Å². The van der Waals surface area contributed by atoms with Crippen LogP contribution < -0.4 is 5.32 Å². The van der Waals surface area contributed by atoms with Gasteiger partial charge in [0.25, 0.3) is 0 Å². The summed E-state index contributed by atoms with van der Waals surface area (Å²) >= 11 is 0. The van der Waals surface area contributed by atoms with Crippen LogP contribution in [0.15, 0.2) is 18.5 Å². The van der Waals surface area contributed by atoms with Gasteiger partial charge in [-0.05, 0) is 37.8 Å². The third-order valence-corrected chi connectivity index (χ3v) is 6.83. The summed E-state index contributed by atoms with van der Waals surface area (Å²) in [7, 11) is 0. The minimum absolute atomic E-state index is 0.280. The van der Waals surface area contributed by atoms with Crippen molar-refractivity contribution in [2.75, 3.05) is 72.1 Å². The maximum absolute atomic E-state index is 9.16. The van der Waals surface area contributed by atoms with Gasteiger partial charge in [0.2, 0.25) is 0 Å². The van der Waals surface area contributed by atoms with Crippen LogP contribution in [0.5, 0.6) is 0 Å². The topological polar surface area (TPSA) is 59.8 Å². The van der Waals surface area contributed by atoms with E-state index in [-0.39, 0.29) is 6.61 Å². The van der Waals surface area contributed by atoms with Crippen LogP contribution in [0.3, 0.4) is 0 Å². The zero-order valence-corrected chi connectivity index (χ0v) is 16.5.